The van der Waals surface area contributed by atoms with E-state index in [-0.39, 0.29) is 0 Å². The Morgan fingerprint density at radius 1 is 1.43 bits per heavy atom. The number of aromatic nitrogens is 1. The highest BCUT2D eigenvalue weighted by molar-refractivity contribution is 7.73. The molecule has 0 spiro atoms. The Bertz CT molecular complexity index is 563. The smallest absolute Gasteiger partial charge is 0.159 e. The highest BCUT2D eigenvalue weighted by Gasteiger charge is 2.20. The number of H-pyrrole nitrogens is 1. The van der Waals surface area contributed by atoms with Gasteiger partial charge < -0.3 is 4.98 Å². The molecule has 1 aliphatic rings. The van der Waals surface area contributed by atoms with Crippen molar-refractivity contribution in [3.05, 3.63) is 38.2 Å². The molecular formula is C11H9NS2. The van der Waals surface area contributed by atoms with Crippen LogP contribution in [0.5, 0.6) is 0 Å². The van der Waals surface area contributed by atoms with Crippen LogP contribution in [-0.2, 0) is 6.42 Å². The summed E-state index contributed by atoms with van der Waals surface area (Å²) in [5, 5.41) is 0. The Kier molecular flexibility index (Phi) is 1.66. The van der Waals surface area contributed by atoms with Gasteiger partial charge in [-0.3, -0.25) is 0 Å². The van der Waals surface area contributed by atoms with Crippen LogP contribution in [0.15, 0.2) is 18.2 Å². The Labute approximate surface area is 91.4 Å². The van der Waals surface area contributed by atoms with E-state index in [4.69, 9.17) is 12.2 Å². The minimum absolute atomic E-state index is 0.891. The van der Waals surface area contributed by atoms with E-state index in [1.165, 1.54) is 27.3 Å². The second kappa shape index (κ2) is 2.78. The van der Waals surface area contributed by atoms with Gasteiger partial charge in [-0.05, 0) is 30.8 Å². The average Bonchev–Trinajstić information content (AvgIpc) is 2.62. The molecule has 3 rings (SSSR count). The molecule has 1 aromatic heterocycles. The number of hydrogen-bond donors (Lipinski definition) is 1. The van der Waals surface area contributed by atoms with Gasteiger partial charge in [-0.1, -0.05) is 17.7 Å². The first-order chi connectivity index (χ1) is 6.74. The first-order valence-corrected chi connectivity index (χ1v) is 5.78. The van der Waals surface area contributed by atoms with Crippen LogP contribution in [0.1, 0.15) is 16.0 Å². The van der Waals surface area contributed by atoms with Crippen LogP contribution < -0.4 is 0 Å². The summed E-state index contributed by atoms with van der Waals surface area (Å²) in [6.45, 7) is 2.12. The van der Waals surface area contributed by atoms with Gasteiger partial charge in [0.25, 0.3) is 0 Å². The largest absolute Gasteiger partial charge is 0.337 e. The van der Waals surface area contributed by atoms with Gasteiger partial charge in [0.2, 0.25) is 0 Å². The molecule has 0 aliphatic heterocycles. The normalized spacial score (nSPS) is 12.6. The van der Waals surface area contributed by atoms with Gasteiger partial charge >= 0.3 is 0 Å². The van der Waals surface area contributed by atoms with Gasteiger partial charge in [0.1, 0.15) is 0 Å². The summed E-state index contributed by atoms with van der Waals surface area (Å²) in [6, 6.07) is 6.62. The molecule has 2 aromatic rings. The number of benzene rings is 1. The molecule has 1 aliphatic carbocycles. The number of nitrogens with one attached hydrogen (secondary N) is 1. The molecule has 0 radical (unpaired) electrons. The molecule has 0 unspecified atom stereocenters. The highest BCUT2D eigenvalue weighted by Crippen LogP contribution is 2.38. The molecule has 70 valence electrons. The molecule has 14 heavy (non-hydrogen) atoms. The molecule has 1 N–H and O–H groups in total. The SMILES string of the molecule is Cc1ccc2c(c1)-c1[nH]c(=S)sc1C2. The van der Waals surface area contributed by atoms with Crippen molar-refractivity contribution in [2.75, 3.05) is 0 Å². The minimum Gasteiger partial charge on any atom is -0.337 e. The molecule has 1 nitrogen and oxygen atoms in total. The molecule has 3 heteroatoms. The summed E-state index contributed by atoms with van der Waals surface area (Å²) < 4.78 is 0.891. The third-order valence-corrected chi connectivity index (χ3v) is 3.84. The van der Waals surface area contributed by atoms with Crippen molar-refractivity contribution in [2.45, 2.75) is 13.3 Å². The molecular weight excluding hydrogens is 210 g/mol. The first kappa shape index (κ1) is 8.38. The maximum absolute atomic E-state index is 5.15. The third kappa shape index (κ3) is 1.09. The van der Waals surface area contributed by atoms with Crippen molar-refractivity contribution in [1.82, 2.24) is 4.98 Å². The van der Waals surface area contributed by atoms with Gasteiger partial charge in [-0.2, -0.15) is 0 Å². The molecule has 1 aromatic carbocycles. The van der Waals surface area contributed by atoms with Gasteiger partial charge in [-0.25, -0.2) is 0 Å². The zero-order valence-electron chi connectivity index (χ0n) is 7.76. The monoisotopic (exact) mass is 219 g/mol. The number of thiazole rings is 1. The van der Waals surface area contributed by atoms with E-state index in [1.54, 1.807) is 11.3 Å². The van der Waals surface area contributed by atoms with Crippen molar-refractivity contribution in [3.63, 3.8) is 0 Å². The minimum atomic E-state index is 0.891. The maximum Gasteiger partial charge on any atom is 0.159 e. The predicted molar refractivity (Wildman–Crippen MR) is 62.5 cm³/mol. The Balaban J connectivity index is 2.33. The lowest BCUT2D eigenvalue weighted by atomic mass is 10.1. The van der Waals surface area contributed by atoms with Crippen LogP contribution in [0.3, 0.4) is 0 Å². The van der Waals surface area contributed by atoms with Crippen LogP contribution in [0.2, 0.25) is 0 Å². The van der Waals surface area contributed by atoms with E-state index < -0.39 is 0 Å². The topological polar surface area (TPSA) is 15.8 Å². The summed E-state index contributed by atoms with van der Waals surface area (Å²) in [5.74, 6) is 0. The Morgan fingerprint density at radius 3 is 3.14 bits per heavy atom. The number of fused-ring (bicyclic) bond motifs is 3. The van der Waals surface area contributed by atoms with Crippen molar-refractivity contribution >= 4 is 23.6 Å². The van der Waals surface area contributed by atoms with Gasteiger partial charge in [0.15, 0.2) is 3.95 Å². The van der Waals surface area contributed by atoms with Gasteiger partial charge in [0.05, 0.1) is 5.69 Å². The lowest BCUT2D eigenvalue weighted by molar-refractivity contribution is 1.30. The summed E-state index contributed by atoms with van der Waals surface area (Å²) in [7, 11) is 0. The van der Waals surface area contributed by atoms with Crippen molar-refractivity contribution in [2.24, 2.45) is 0 Å². The van der Waals surface area contributed by atoms with E-state index in [9.17, 15) is 0 Å². The van der Waals surface area contributed by atoms with E-state index in [0.717, 1.165) is 10.4 Å². The van der Waals surface area contributed by atoms with E-state index in [0.29, 0.717) is 0 Å². The third-order valence-electron chi connectivity index (χ3n) is 2.61. The van der Waals surface area contributed by atoms with Crippen LogP contribution in [0, 0.1) is 10.9 Å². The second-order valence-corrected chi connectivity index (χ2v) is 5.42. The summed E-state index contributed by atoms with van der Waals surface area (Å²) in [5.41, 5.74) is 5.32. The fourth-order valence-corrected chi connectivity index (χ4v) is 3.22. The summed E-state index contributed by atoms with van der Waals surface area (Å²) >= 11 is 6.84. The second-order valence-electron chi connectivity index (χ2n) is 3.65. The molecule has 0 bridgehead atoms. The van der Waals surface area contributed by atoms with E-state index in [1.807, 2.05) is 0 Å². The van der Waals surface area contributed by atoms with Gasteiger partial charge in [-0.15, -0.1) is 11.3 Å². The van der Waals surface area contributed by atoms with Crippen LogP contribution in [0.4, 0.5) is 0 Å². The lowest BCUT2D eigenvalue weighted by Gasteiger charge is -1.99. The first-order valence-electron chi connectivity index (χ1n) is 4.56. The van der Waals surface area contributed by atoms with Crippen LogP contribution in [-0.4, -0.2) is 4.98 Å². The quantitative estimate of drug-likeness (QED) is 0.570. The van der Waals surface area contributed by atoms with E-state index in [2.05, 4.69) is 30.1 Å². The standard InChI is InChI=1S/C11H9NS2/c1-6-2-3-7-5-9-10(8(7)4-6)12-11(13)14-9/h2-4H,5H2,1H3,(H,12,13). The molecule has 0 atom stereocenters. The zero-order chi connectivity index (χ0) is 9.71. The molecule has 0 saturated carbocycles. The Hall–Kier alpha value is -0.930. The predicted octanol–water partition coefficient (Wildman–Crippen LogP) is 3.69. The van der Waals surface area contributed by atoms with Crippen LogP contribution in [0.25, 0.3) is 11.3 Å². The molecule has 0 saturated heterocycles. The molecule has 1 heterocycles. The number of rotatable bonds is 0. The fourth-order valence-electron chi connectivity index (χ4n) is 1.95. The number of hydrogen-bond acceptors (Lipinski definition) is 2. The van der Waals surface area contributed by atoms with Crippen LogP contribution >= 0.6 is 23.6 Å². The average molecular weight is 219 g/mol. The summed E-state index contributed by atoms with van der Waals surface area (Å²) in [4.78, 5) is 4.66. The van der Waals surface area contributed by atoms with E-state index >= 15 is 0 Å². The van der Waals surface area contributed by atoms with Crippen molar-refractivity contribution in [3.8, 4) is 11.3 Å². The van der Waals surface area contributed by atoms with Gasteiger partial charge in [0, 0.05) is 16.9 Å². The maximum atomic E-state index is 5.15. The lowest BCUT2D eigenvalue weighted by Crippen LogP contribution is -1.81. The summed E-state index contributed by atoms with van der Waals surface area (Å²) in [6.07, 6.45) is 1.04. The number of aromatic amines is 1. The van der Waals surface area contributed by atoms with Crippen molar-refractivity contribution in [1.29, 1.82) is 0 Å². The van der Waals surface area contributed by atoms with Crippen molar-refractivity contribution < 1.29 is 0 Å². The highest BCUT2D eigenvalue weighted by atomic mass is 32.1. The Morgan fingerprint density at radius 2 is 2.29 bits per heavy atom. The fraction of sp³-hybridized carbons (Fsp3) is 0.182. The molecule has 0 fully saturated rings. The number of aryl methyl sites for hydroxylation is 1. The molecule has 0 amide bonds. The zero-order valence-corrected chi connectivity index (χ0v) is 9.39.